The summed E-state index contributed by atoms with van der Waals surface area (Å²) in [6, 6.07) is -2.50. The highest BCUT2D eigenvalue weighted by atomic mass is 16.8. The SMILES string of the molecule is CC(=O)N[C@H]1[C@H](O[C@H]2[C@@H](O)[C@@H](CO)O[C@@H](O[C@H]3[C@H](O)[C@@H](O)[C@H](OC[C@@H](CO)NC=O)O[C@@H]3CO)[C@@H]2O)O[C@H](CO)[C@@H](O[C@@H]2O[C@@H](C)[C@@H](O)[C@@H](O)[C@@H]2O)[C@@H]1O. The third-order valence-electron chi connectivity index (χ3n) is 9.53. The van der Waals surface area contributed by atoms with Gasteiger partial charge in [-0.3, -0.25) is 9.59 Å². The molecular formula is C30H52N2O22. The first-order valence-corrected chi connectivity index (χ1v) is 17.2. The van der Waals surface area contributed by atoms with Crippen molar-refractivity contribution in [1.82, 2.24) is 10.6 Å². The summed E-state index contributed by atoms with van der Waals surface area (Å²) in [6.45, 7) is -1.11. The van der Waals surface area contributed by atoms with Crippen LogP contribution in [0.4, 0.5) is 0 Å². The number of carbonyl (C=O) groups excluding carboxylic acids is 2. The Morgan fingerprint density at radius 3 is 1.70 bits per heavy atom. The van der Waals surface area contributed by atoms with Crippen LogP contribution in [0.1, 0.15) is 13.8 Å². The Morgan fingerprint density at radius 2 is 1.15 bits per heavy atom. The van der Waals surface area contributed by atoms with Crippen LogP contribution in [0, 0.1) is 0 Å². The van der Waals surface area contributed by atoms with Gasteiger partial charge in [0.15, 0.2) is 25.2 Å². The quantitative estimate of drug-likeness (QED) is 0.0645. The van der Waals surface area contributed by atoms with Crippen molar-refractivity contribution in [2.24, 2.45) is 0 Å². The fourth-order valence-electron chi connectivity index (χ4n) is 6.48. The van der Waals surface area contributed by atoms with Gasteiger partial charge in [-0.2, -0.15) is 0 Å². The van der Waals surface area contributed by atoms with E-state index in [-0.39, 0.29) is 6.61 Å². The Morgan fingerprint density at radius 1 is 0.630 bits per heavy atom. The van der Waals surface area contributed by atoms with E-state index in [1.165, 1.54) is 6.92 Å². The maximum absolute atomic E-state index is 12.2. The van der Waals surface area contributed by atoms with Gasteiger partial charge in [-0.25, -0.2) is 0 Å². The summed E-state index contributed by atoms with van der Waals surface area (Å²) in [7, 11) is 0. The zero-order chi connectivity index (χ0) is 40.0. The van der Waals surface area contributed by atoms with Gasteiger partial charge in [-0.15, -0.1) is 0 Å². The van der Waals surface area contributed by atoms with E-state index in [2.05, 4.69) is 10.6 Å². The predicted octanol–water partition coefficient (Wildman–Crippen LogP) is -9.45. The van der Waals surface area contributed by atoms with Crippen molar-refractivity contribution >= 4 is 12.3 Å². The molecule has 0 bridgehead atoms. The van der Waals surface area contributed by atoms with Crippen molar-refractivity contribution in [2.45, 2.75) is 143 Å². The predicted molar refractivity (Wildman–Crippen MR) is 168 cm³/mol. The first-order valence-electron chi connectivity index (χ1n) is 17.2. The molecule has 0 aliphatic carbocycles. The number of amides is 2. The second kappa shape index (κ2) is 20.0. The molecule has 2 amide bonds. The van der Waals surface area contributed by atoms with Crippen LogP contribution in [0.15, 0.2) is 0 Å². The number of nitrogens with one attached hydrogen (secondary N) is 2. The van der Waals surface area contributed by atoms with Crippen LogP contribution in [0.5, 0.6) is 0 Å². The van der Waals surface area contributed by atoms with Crippen molar-refractivity contribution in [1.29, 1.82) is 0 Å². The molecule has 0 aromatic heterocycles. The van der Waals surface area contributed by atoms with Gasteiger partial charge in [-0.05, 0) is 6.92 Å². The zero-order valence-corrected chi connectivity index (χ0v) is 29.2. The van der Waals surface area contributed by atoms with Crippen LogP contribution >= 0.6 is 0 Å². The number of ether oxygens (including phenoxy) is 8. The topological polar surface area (TPSA) is 375 Å². The summed E-state index contributed by atoms with van der Waals surface area (Å²) in [5, 5.41) is 130. The maximum atomic E-state index is 12.2. The summed E-state index contributed by atoms with van der Waals surface area (Å²) in [6.07, 6.45) is -31.9. The first-order chi connectivity index (χ1) is 25.6. The Bertz CT molecular complexity index is 1180. The summed E-state index contributed by atoms with van der Waals surface area (Å²) in [5.74, 6) is -0.741. The molecule has 0 spiro atoms. The van der Waals surface area contributed by atoms with E-state index >= 15 is 0 Å². The van der Waals surface area contributed by atoms with E-state index in [0.29, 0.717) is 6.41 Å². The molecule has 4 rings (SSSR count). The lowest BCUT2D eigenvalue weighted by Crippen LogP contribution is -2.69. The normalized spacial score (nSPS) is 46.4. The summed E-state index contributed by atoms with van der Waals surface area (Å²) in [4.78, 5) is 23.0. The molecule has 4 heterocycles. The zero-order valence-electron chi connectivity index (χ0n) is 29.2. The van der Waals surface area contributed by atoms with E-state index in [0.717, 1.165) is 6.92 Å². The van der Waals surface area contributed by atoms with Gasteiger partial charge >= 0.3 is 0 Å². The van der Waals surface area contributed by atoms with E-state index in [9.17, 15) is 70.9 Å². The molecule has 24 heteroatoms. The second-order valence-electron chi connectivity index (χ2n) is 13.3. The minimum atomic E-state index is -2.04. The van der Waals surface area contributed by atoms with E-state index in [4.69, 9.17) is 37.9 Å². The molecule has 0 saturated carbocycles. The standard InChI is InChI=1S/C30H52N2O22/c1-9-16(39)19(42)21(44)29(48-9)52-24-13(5-35)50-27(15(18(24)41)32-10(2)38)54-26-17(40)12(4-34)49-30(23(26)46)53-25-14(6-36)51-28(22(45)20(25)43)47-7-11(3-33)31-8-37/h8-9,11-30,33-36,39-46H,3-7H2,1-2H3,(H,31,37)(H,32,38)/t9-,11+,12+,13+,14+,15+,16+,17-,18+,19+,20+,21-,22+,23+,24+,25+,26-,27-,28+,29-,30-/m0/s1. The fourth-order valence-corrected chi connectivity index (χ4v) is 6.48. The largest absolute Gasteiger partial charge is 0.394 e. The average Bonchev–Trinajstić information content (AvgIpc) is 3.15. The third kappa shape index (κ3) is 9.98. The summed E-state index contributed by atoms with van der Waals surface area (Å²) < 4.78 is 45.0. The molecule has 4 aliphatic heterocycles. The Labute approximate surface area is 307 Å². The lowest BCUT2D eigenvalue weighted by Gasteiger charge is -2.50. The Hall–Kier alpha value is -1.86. The number of hydrogen-bond donors (Lipinski definition) is 14. The molecule has 4 fully saturated rings. The van der Waals surface area contributed by atoms with E-state index < -0.39 is 161 Å². The number of carbonyl (C=O) groups is 2. The molecule has 14 N–H and O–H groups in total. The summed E-state index contributed by atoms with van der Waals surface area (Å²) in [5.41, 5.74) is 0. The van der Waals surface area contributed by atoms with Gasteiger partial charge in [0.05, 0.1) is 45.2 Å². The molecule has 4 aliphatic rings. The van der Waals surface area contributed by atoms with Crippen LogP contribution in [0.2, 0.25) is 0 Å². The minimum Gasteiger partial charge on any atom is -0.394 e. The van der Waals surface area contributed by atoms with Crippen molar-refractivity contribution in [3.05, 3.63) is 0 Å². The van der Waals surface area contributed by atoms with Gasteiger partial charge in [0.1, 0.15) is 91.5 Å². The van der Waals surface area contributed by atoms with Gasteiger partial charge in [0.2, 0.25) is 12.3 Å². The molecule has 24 nitrogen and oxygen atoms in total. The molecule has 0 aromatic carbocycles. The van der Waals surface area contributed by atoms with Crippen molar-refractivity contribution < 1.29 is 109 Å². The van der Waals surface area contributed by atoms with Gasteiger partial charge < -0.3 is 110 Å². The molecule has 314 valence electrons. The number of rotatable bonds is 16. The molecule has 0 unspecified atom stereocenters. The highest BCUT2D eigenvalue weighted by Gasteiger charge is 2.55. The van der Waals surface area contributed by atoms with Gasteiger partial charge in [0.25, 0.3) is 0 Å². The smallest absolute Gasteiger partial charge is 0.217 e. The van der Waals surface area contributed by atoms with Crippen LogP contribution in [0.25, 0.3) is 0 Å². The van der Waals surface area contributed by atoms with Crippen LogP contribution < -0.4 is 10.6 Å². The first kappa shape index (κ1) is 44.8. The number of hydrogen-bond acceptors (Lipinski definition) is 22. The average molecular weight is 793 g/mol. The molecule has 21 atom stereocenters. The molecule has 0 aromatic rings. The number of aliphatic hydroxyl groups is 12. The van der Waals surface area contributed by atoms with Crippen LogP contribution in [-0.2, 0) is 47.5 Å². The molecular weight excluding hydrogens is 740 g/mol. The second-order valence-corrected chi connectivity index (χ2v) is 13.3. The van der Waals surface area contributed by atoms with Gasteiger partial charge in [-0.1, -0.05) is 0 Å². The Kier molecular flexibility index (Phi) is 16.6. The fraction of sp³-hybridized carbons (Fsp3) is 0.933. The molecule has 54 heavy (non-hydrogen) atoms. The monoisotopic (exact) mass is 792 g/mol. The molecule has 4 saturated heterocycles. The van der Waals surface area contributed by atoms with Gasteiger partial charge in [0, 0.05) is 6.92 Å². The maximum Gasteiger partial charge on any atom is 0.217 e. The van der Waals surface area contributed by atoms with E-state index in [1.807, 2.05) is 0 Å². The van der Waals surface area contributed by atoms with Crippen LogP contribution in [0.3, 0.4) is 0 Å². The van der Waals surface area contributed by atoms with E-state index in [1.54, 1.807) is 0 Å². The van der Waals surface area contributed by atoms with Crippen molar-refractivity contribution in [2.75, 3.05) is 33.0 Å². The highest BCUT2D eigenvalue weighted by molar-refractivity contribution is 5.73. The Balaban J connectivity index is 1.52. The lowest BCUT2D eigenvalue weighted by atomic mass is 9.94. The molecule has 0 radical (unpaired) electrons. The highest BCUT2D eigenvalue weighted by Crippen LogP contribution is 2.34. The summed E-state index contributed by atoms with van der Waals surface area (Å²) >= 11 is 0. The lowest BCUT2D eigenvalue weighted by molar-refractivity contribution is -0.381. The minimum absolute atomic E-state index is 0.305. The van der Waals surface area contributed by atoms with Crippen molar-refractivity contribution in [3.63, 3.8) is 0 Å². The third-order valence-corrected chi connectivity index (χ3v) is 9.53. The number of aliphatic hydroxyl groups excluding tert-OH is 12. The van der Waals surface area contributed by atoms with Crippen LogP contribution in [-0.4, -0.2) is 235 Å². The van der Waals surface area contributed by atoms with Crippen molar-refractivity contribution in [3.8, 4) is 0 Å².